The fraction of sp³-hybridized carbons (Fsp3) is 0.280. The van der Waals surface area contributed by atoms with Crippen molar-refractivity contribution in [3.63, 3.8) is 0 Å². The predicted octanol–water partition coefficient (Wildman–Crippen LogP) is 5.06. The number of ether oxygens (including phenoxy) is 2. The van der Waals surface area contributed by atoms with E-state index in [0.717, 1.165) is 21.3 Å². The zero-order valence-corrected chi connectivity index (χ0v) is 21.6. The fourth-order valence-corrected chi connectivity index (χ4v) is 5.20. The number of thioether (sulfide) groups is 1. The van der Waals surface area contributed by atoms with Gasteiger partial charge in [-0.05, 0) is 50.5 Å². The van der Waals surface area contributed by atoms with Crippen molar-refractivity contribution in [3.05, 3.63) is 79.5 Å². The van der Waals surface area contributed by atoms with E-state index >= 15 is 0 Å². The number of nitrogens with zero attached hydrogens (tertiary/aromatic N) is 3. The van der Waals surface area contributed by atoms with Gasteiger partial charge < -0.3 is 15.2 Å². The molecule has 0 aliphatic carbocycles. The quantitative estimate of drug-likeness (QED) is 0.400. The molecule has 0 bridgehead atoms. The van der Waals surface area contributed by atoms with E-state index < -0.39 is 11.9 Å². The highest BCUT2D eigenvalue weighted by atomic mass is 79.9. The van der Waals surface area contributed by atoms with Crippen LogP contribution in [0.5, 0.6) is 0 Å². The van der Waals surface area contributed by atoms with Crippen LogP contribution in [0.1, 0.15) is 40.8 Å². The summed E-state index contributed by atoms with van der Waals surface area (Å²) in [5.74, 6) is -1.00. The lowest BCUT2D eigenvalue weighted by Crippen LogP contribution is -2.27. The van der Waals surface area contributed by atoms with E-state index in [4.69, 9.17) is 15.2 Å². The van der Waals surface area contributed by atoms with Crippen molar-refractivity contribution < 1.29 is 14.3 Å². The van der Waals surface area contributed by atoms with E-state index in [-0.39, 0.29) is 35.1 Å². The number of aromatic nitrogens is 1. The smallest absolute Gasteiger partial charge is 0.338 e. The van der Waals surface area contributed by atoms with Crippen LogP contribution in [0.25, 0.3) is 0 Å². The van der Waals surface area contributed by atoms with Crippen LogP contribution in [0.4, 0.5) is 0 Å². The minimum atomic E-state index is -0.770. The number of carbonyl (C=O) groups excluding carboxylic acids is 1. The molecule has 1 aromatic heterocycles. The van der Waals surface area contributed by atoms with Gasteiger partial charge in [0.2, 0.25) is 5.88 Å². The number of halogens is 1. The average Bonchev–Trinajstić information content (AvgIpc) is 2.81. The molecule has 0 radical (unpaired) electrons. The van der Waals surface area contributed by atoms with E-state index in [1.165, 1.54) is 11.8 Å². The van der Waals surface area contributed by atoms with Gasteiger partial charge in [-0.15, -0.1) is 0 Å². The largest absolute Gasteiger partial charge is 0.463 e. The zero-order chi connectivity index (χ0) is 25.0. The van der Waals surface area contributed by atoms with Gasteiger partial charge in [-0.25, -0.2) is 9.78 Å². The maximum atomic E-state index is 13.1. The number of nitriles is 2. The van der Waals surface area contributed by atoms with Crippen molar-refractivity contribution in [3.8, 4) is 12.1 Å². The normalized spacial score (nSPS) is 15.4. The van der Waals surface area contributed by atoms with Crippen LogP contribution < -0.4 is 5.73 Å². The van der Waals surface area contributed by atoms with Gasteiger partial charge in [0, 0.05) is 10.2 Å². The molecule has 34 heavy (non-hydrogen) atoms. The van der Waals surface area contributed by atoms with Gasteiger partial charge in [0.25, 0.3) is 0 Å². The second-order valence-electron chi connectivity index (χ2n) is 7.53. The van der Waals surface area contributed by atoms with Crippen LogP contribution in [0.3, 0.4) is 0 Å². The Labute approximate surface area is 211 Å². The highest BCUT2D eigenvalue weighted by molar-refractivity contribution is 9.10. The lowest BCUT2D eigenvalue weighted by molar-refractivity contribution is -0.139. The highest BCUT2D eigenvalue weighted by Gasteiger charge is 2.38. The highest BCUT2D eigenvalue weighted by Crippen LogP contribution is 2.43. The molecule has 0 spiro atoms. The average molecular weight is 539 g/mol. The van der Waals surface area contributed by atoms with E-state index in [1.54, 1.807) is 6.92 Å². The molecule has 2 N–H and O–H groups in total. The number of hydrogen-bond donors (Lipinski definition) is 1. The molecule has 0 fully saturated rings. The van der Waals surface area contributed by atoms with Crippen LogP contribution in [0.15, 0.2) is 56.6 Å². The number of aryl methyl sites for hydroxylation is 1. The van der Waals surface area contributed by atoms with Crippen LogP contribution in [-0.2, 0) is 14.3 Å². The van der Waals surface area contributed by atoms with Crippen molar-refractivity contribution in [2.75, 3.05) is 12.4 Å². The third kappa shape index (κ3) is 4.82. The molecule has 1 aromatic carbocycles. The van der Waals surface area contributed by atoms with Crippen LogP contribution in [0, 0.1) is 43.4 Å². The van der Waals surface area contributed by atoms with Crippen molar-refractivity contribution >= 4 is 33.7 Å². The second kappa shape index (κ2) is 10.8. The van der Waals surface area contributed by atoms with Crippen molar-refractivity contribution in [1.82, 2.24) is 4.98 Å². The Morgan fingerprint density at radius 2 is 1.94 bits per heavy atom. The summed E-state index contributed by atoms with van der Waals surface area (Å²) in [6.07, 6.45) is 0. The Morgan fingerprint density at radius 1 is 1.24 bits per heavy atom. The second-order valence-corrected chi connectivity index (χ2v) is 9.35. The molecular formula is C25H23BrN4O3S. The summed E-state index contributed by atoms with van der Waals surface area (Å²) in [4.78, 5) is 17.7. The van der Waals surface area contributed by atoms with Gasteiger partial charge in [-0.1, -0.05) is 45.9 Å². The summed E-state index contributed by atoms with van der Waals surface area (Å²) in [7, 11) is 0. The summed E-state index contributed by atoms with van der Waals surface area (Å²) in [5, 5.41) is 20.1. The van der Waals surface area contributed by atoms with Gasteiger partial charge in [0.1, 0.15) is 28.5 Å². The monoisotopic (exact) mass is 538 g/mol. The molecule has 7 nitrogen and oxygen atoms in total. The van der Waals surface area contributed by atoms with E-state index in [2.05, 4.69) is 33.1 Å². The molecule has 1 aliphatic heterocycles. The fourth-order valence-electron chi connectivity index (χ4n) is 3.66. The Hall–Kier alpha value is -3.27. The van der Waals surface area contributed by atoms with E-state index in [1.807, 2.05) is 45.0 Å². The number of nitrogens with two attached hydrogens (primary N) is 1. The standard InChI is InChI=1S/C25H23BrN4O3S/c1-5-32-25(31)22-20(12-34-24-17(10-27)14(3)13(2)15(4)30-24)33-23(29)18(11-28)21(22)16-8-6-7-9-19(16)26/h6-9,21H,5,12,29H2,1-4H3/t21-/m0/s1. The number of carbonyl (C=O) groups is 1. The van der Waals surface area contributed by atoms with Crippen molar-refractivity contribution in [2.24, 2.45) is 5.73 Å². The topological polar surface area (TPSA) is 122 Å². The molecule has 0 saturated heterocycles. The summed E-state index contributed by atoms with van der Waals surface area (Å²) in [5.41, 5.74) is 10.3. The molecule has 0 amide bonds. The van der Waals surface area contributed by atoms with E-state index in [0.29, 0.717) is 16.2 Å². The minimum absolute atomic E-state index is 0.0726. The lowest BCUT2D eigenvalue weighted by Gasteiger charge is -2.28. The molecule has 0 unspecified atom stereocenters. The number of hydrogen-bond acceptors (Lipinski definition) is 8. The first-order valence-corrected chi connectivity index (χ1v) is 12.3. The number of pyridine rings is 1. The summed E-state index contributed by atoms with van der Waals surface area (Å²) >= 11 is 4.79. The number of esters is 1. The molecule has 1 atom stereocenters. The molecule has 0 saturated carbocycles. The number of allylic oxidation sites excluding steroid dienone is 1. The molecule has 2 aromatic rings. The third-order valence-corrected chi connectivity index (χ3v) is 7.32. The van der Waals surface area contributed by atoms with Gasteiger partial charge >= 0.3 is 5.97 Å². The molecule has 9 heteroatoms. The van der Waals surface area contributed by atoms with Crippen molar-refractivity contribution in [2.45, 2.75) is 38.6 Å². The van der Waals surface area contributed by atoms with Gasteiger partial charge in [0.15, 0.2) is 0 Å². The number of benzene rings is 1. The molecule has 1 aliphatic rings. The maximum absolute atomic E-state index is 13.1. The molecule has 3 rings (SSSR count). The maximum Gasteiger partial charge on any atom is 0.338 e. The predicted molar refractivity (Wildman–Crippen MR) is 132 cm³/mol. The first kappa shape index (κ1) is 25.4. The van der Waals surface area contributed by atoms with Crippen LogP contribution in [-0.4, -0.2) is 23.3 Å². The summed E-state index contributed by atoms with van der Waals surface area (Å²) < 4.78 is 11.9. The van der Waals surface area contributed by atoms with E-state index in [9.17, 15) is 15.3 Å². The molecule has 2 heterocycles. The molecule has 174 valence electrons. The Balaban J connectivity index is 2.14. The first-order chi connectivity index (χ1) is 16.2. The van der Waals surface area contributed by atoms with Gasteiger partial charge in [-0.2, -0.15) is 10.5 Å². The Kier molecular flexibility index (Phi) is 8.03. The Bertz CT molecular complexity index is 1300. The first-order valence-electron chi connectivity index (χ1n) is 10.5. The summed E-state index contributed by atoms with van der Waals surface area (Å²) in [6, 6.07) is 11.6. The Morgan fingerprint density at radius 3 is 2.56 bits per heavy atom. The van der Waals surface area contributed by atoms with Crippen molar-refractivity contribution in [1.29, 1.82) is 10.5 Å². The molecular weight excluding hydrogens is 516 g/mol. The SMILES string of the molecule is CCOC(=O)C1=C(CSc2nc(C)c(C)c(C)c2C#N)OC(N)=C(C#N)[C@@H]1c1ccccc1Br. The summed E-state index contributed by atoms with van der Waals surface area (Å²) in [6.45, 7) is 7.56. The van der Waals surface area contributed by atoms with Gasteiger partial charge in [0.05, 0.1) is 29.4 Å². The third-order valence-electron chi connectivity index (χ3n) is 5.62. The number of rotatable bonds is 6. The zero-order valence-electron chi connectivity index (χ0n) is 19.2. The lowest BCUT2D eigenvalue weighted by atomic mass is 9.83. The minimum Gasteiger partial charge on any atom is -0.463 e. The van der Waals surface area contributed by atoms with Gasteiger partial charge in [-0.3, -0.25) is 0 Å². The van der Waals surface area contributed by atoms with Crippen LogP contribution >= 0.6 is 27.7 Å². The van der Waals surface area contributed by atoms with Crippen LogP contribution in [0.2, 0.25) is 0 Å².